The number of ether oxygens (including phenoxy) is 2. The molecule has 0 aliphatic rings. The Kier molecular flexibility index (Phi) is 9.14. The second-order valence-corrected chi connectivity index (χ2v) is 7.63. The second-order valence-electron chi connectivity index (χ2n) is 6.36. The van der Waals surface area contributed by atoms with Crippen LogP contribution in [0.2, 0.25) is 5.02 Å². The van der Waals surface area contributed by atoms with Gasteiger partial charge >= 0.3 is 0 Å². The van der Waals surface area contributed by atoms with E-state index in [9.17, 15) is 9.59 Å². The molecule has 0 saturated carbocycles. The summed E-state index contributed by atoms with van der Waals surface area (Å²) in [7, 11) is 1.54. The number of nitrogens with one attached hydrogen (secondary N) is 2. The normalized spacial score (nSPS) is 10.7. The maximum Gasteiger partial charge on any atom is 0.249 e. The maximum absolute atomic E-state index is 12.0. The average Bonchev–Trinajstić information content (AvgIpc) is 2.69. The van der Waals surface area contributed by atoms with E-state index in [0.717, 1.165) is 12.0 Å². The van der Waals surface area contributed by atoms with Gasteiger partial charge in [0.05, 0.1) is 24.4 Å². The van der Waals surface area contributed by atoms with E-state index in [1.54, 1.807) is 37.4 Å². The number of benzene rings is 2. The second kappa shape index (κ2) is 11.6. The summed E-state index contributed by atoms with van der Waals surface area (Å²) in [6.45, 7) is 4.44. The molecule has 0 spiro atoms. The third-order valence-corrected chi connectivity index (χ3v) is 4.88. The van der Waals surface area contributed by atoms with Crippen LogP contribution >= 0.6 is 27.5 Å². The number of carbonyl (C=O) groups is 2. The molecule has 160 valence electrons. The largest absolute Gasteiger partial charge is 0.493 e. The van der Waals surface area contributed by atoms with E-state index in [1.807, 2.05) is 13.8 Å². The van der Waals surface area contributed by atoms with E-state index >= 15 is 0 Å². The zero-order valence-electron chi connectivity index (χ0n) is 16.9. The molecular formula is C21H23BrClN3O4. The number of halogens is 2. The number of aryl methyl sites for hydroxylation is 1. The van der Waals surface area contributed by atoms with Crippen LogP contribution in [-0.4, -0.2) is 31.7 Å². The molecule has 30 heavy (non-hydrogen) atoms. The fourth-order valence-corrected chi connectivity index (χ4v) is 3.15. The molecule has 0 aliphatic carbocycles. The van der Waals surface area contributed by atoms with Crippen molar-refractivity contribution >= 4 is 51.2 Å². The lowest BCUT2D eigenvalue weighted by Crippen LogP contribution is -2.24. The van der Waals surface area contributed by atoms with Crippen LogP contribution in [0.15, 0.2) is 39.9 Å². The minimum Gasteiger partial charge on any atom is -0.493 e. The van der Waals surface area contributed by atoms with Crippen LogP contribution in [-0.2, 0) is 9.59 Å². The van der Waals surface area contributed by atoms with Gasteiger partial charge in [-0.25, -0.2) is 5.43 Å². The van der Waals surface area contributed by atoms with Crippen LogP contribution in [0.4, 0.5) is 5.69 Å². The molecule has 0 fully saturated rings. The summed E-state index contributed by atoms with van der Waals surface area (Å²) in [4.78, 5) is 24.0. The highest BCUT2D eigenvalue weighted by molar-refractivity contribution is 9.10. The predicted octanol–water partition coefficient (Wildman–Crippen LogP) is 4.69. The molecule has 2 amide bonds. The quantitative estimate of drug-likeness (QED) is 0.299. The van der Waals surface area contributed by atoms with Gasteiger partial charge in [0.2, 0.25) is 11.8 Å². The van der Waals surface area contributed by atoms with Crippen molar-refractivity contribution in [2.75, 3.05) is 19.0 Å². The van der Waals surface area contributed by atoms with Crippen molar-refractivity contribution in [1.82, 2.24) is 5.43 Å². The molecule has 0 heterocycles. The smallest absolute Gasteiger partial charge is 0.249 e. The number of carbonyl (C=O) groups excluding carboxylic acids is 2. The molecule has 0 saturated heterocycles. The van der Waals surface area contributed by atoms with Crippen molar-refractivity contribution in [3.63, 3.8) is 0 Å². The van der Waals surface area contributed by atoms with Crippen LogP contribution in [0.3, 0.4) is 0 Å². The SMILES string of the molecule is CCCOc1c(Br)cc(C=NNC(=O)CC(=O)Nc2ccc(C)c(Cl)c2)cc1OC. The summed E-state index contributed by atoms with van der Waals surface area (Å²) in [5, 5.41) is 7.05. The van der Waals surface area contributed by atoms with Gasteiger partial charge in [-0.2, -0.15) is 5.10 Å². The maximum atomic E-state index is 12.0. The van der Waals surface area contributed by atoms with Gasteiger partial charge in [0, 0.05) is 10.7 Å². The molecule has 2 N–H and O–H groups in total. The molecule has 2 rings (SSSR count). The molecular weight excluding hydrogens is 474 g/mol. The van der Waals surface area contributed by atoms with Crippen molar-refractivity contribution in [2.24, 2.45) is 5.10 Å². The Balaban J connectivity index is 1.92. The number of methoxy groups -OCH3 is 1. The predicted molar refractivity (Wildman–Crippen MR) is 122 cm³/mol. The average molecular weight is 497 g/mol. The molecule has 0 radical (unpaired) electrons. The zero-order valence-corrected chi connectivity index (χ0v) is 19.3. The molecule has 2 aromatic carbocycles. The molecule has 7 nitrogen and oxygen atoms in total. The first-order chi connectivity index (χ1) is 14.3. The Morgan fingerprint density at radius 1 is 1.23 bits per heavy atom. The van der Waals surface area contributed by atoms with Crippen LogP contribution in [0, 0.1) is 6.92 Å². The number of hydrogen-bond donors (Lipinski definition) is 2. The lowest BCUT2D eigenvalue weighted by molar-refractivity contribution is -0.126. The zero-order chi connectivity index (χ0) is 22.1. The summed E-state index contributed by atoms with van der Waals surface area (Å²) in [5.41, 5.74) is 4.43. The molecule has 0 unspecified atom stereocenters. The van der Waals surface area contributed by atoms with E-state index in [-0.39, 0.29) is 6.42 Å². The van der Waals surface area contributed by atoms with E-state index < -0.39 is 11.8 Å². The Hall–Kier alpha value is -2.58. The van der Waals surface area contributed by atoms with Gasteiger partial charge in [0.15, 0.2) is 11.5 Å². The summed E-state index contributed by atoms with van der Waals surface area (Å²) in [5.74, 6) is 0.135. The summed E-state index contributed by atoms with van der Waals surface area (Å²) in [6, 6.07) is 8.65. The van der Waals surface area contributed by atoms with Crippen molar-refractivity contribution in [3.05, 3.63) is 51.0 Å². The van der Waals surface area contributed by atoms with Crippen LogP contribution in [0.25, 0.3) is 0 Å². The molecule has 9 heteroatoms. The van der Waals surface area contributed by atoms with Crippen LogP contribution < -0.4 is 20.2 Å². The van der Waals surface area contributed by atoms with E-state index in [1.165, 1.54) is 6.21 Å². The number of amides is 2. The van der Waals surface area contributed by atoms with Gasteiger partial charge in [-0.3, -0.25) is 9.59 Å². The first-order valence-corrected chi connectivity index (χ1v) is 10.4. The van der Waals surface area contributed by atoms with Crippen LogP contribution in [0.1, 0.15) is 30.9 Å². The van der Waals surface area contributed by atoms with Crippen molar-refractivity contribution in [2.45, 2.75) is 26.7 Å². The van der Waals surface area contributed by atoms with Gasteiger partial charge in [-0.1, -0.05) is 24.6 Å². The summed E-state index contributed by atoms with van der Waals surface area (Å²) in [6.07, 6.45) is 1.95. The highest BCUT2D eigenvalue weighted by atomic mass is 79.9. The molecule has 2 aromatic rings. The summed E-state index contributed by atoms with van der Waals surface area (Å²) < 4.78 is 11.7. The fraction of sp³-hybridized carbons (Fsp3) is 0.286. The number of hydrogen-bond acceptors (Lipinski definition) is 5. The highest BCUT2D eigenvalue weighted by Crippen LogP contribution is 2.36. The first-order valence-electron chi connectivity index (χ1n) is 9.22. The minimum atomic E-state index is -0.545. The Bertz CT molecular complexity index is 950. The Labute approximate surface area is 188 Å². The van der Waals surface area contributed by atoms with Gasteiger partial charge in [0.25, 0.3) is 0 Å². The molecule has 0 atom stereocenters. The standard InChI is InChI=1S/C21H23BrClN3O4/c1-4-7-30-21-16(22)8-14(9-18(21)29-3)12-24-26-20(28)11-19(27)25-15-6-5-13(2)17(23)10-15/h5-6,8-10,12H,4,7,11H2,1-3H3,(H,25,27)(H,26,28). The van der Waals surface area contributed by atoms with Gasteiger partial charge < -0.3 is 14.8 Å². The van der Waals surface area contributed by atoms with Crippen molar-refractivity contribution in [3.8, 4) is 11.5 Å². The first kappa shape index (κ1) is 23.7. The highest BCUT2D eigenvalue weighted by Gasteiger charge is 2.12. The van der Waals surface area contributed by atoms with Gasteiger partial charge in [0.1, 0.15) is 6.42 Å². The Morgan fingerprint density at radius 2 is 2.00 bits per heavy atom. The molecule has 0 aliphatic heterocycles. The van der Waals surface area contributed by atoms with Gasteiger partial charge in [-0.05, 0) is 64.7 Å². The van der Waals surface area contributed by atoms with Gasteiger partial charge in [-0.15, -0.1) is 0 Å². The number of hydrazone groups is 1. The monoisotopic (exact) mass is 495 g/mol. The summed E-state index contributed by atoms with van der Waals surface area (Å²) >= 11 is 9.47. The Morgan fingerprint density at radius 3 is 2.67 bits per heavy atom. The number of anilines is 1. The minimum absolute atomic E-state index is 0.375. The topological polar surface area (TPSA) is 89.0 Å². The molecule has 0 bridgehead atoms. The van der Waals surface area contributed by atoms with Crippen LogP contribution in [0.5, 0.6) is 11.5 Å². The third kappa shape index (κ3) is 7.03. The lowest BCUT2D eigenvalue weighted by Gasteiger charge is -2.12. The fourth-order valence-electron chi connectivity index (χ4n) is 2.40. The van der Waals surface area contributed by atoms with Crippen molar-refractivity contribution < 1.29 is 19.1 Å². The van der Waals surface area contributed by atoms with E-state index in [2.05, 4.69) is 31.8 Å². The van der Waals surface area contributed by atoms with E-state index in [0.29, 0.717) is 38.9 Å². The lowest BCUT2D eigenvalue weighted by atomic mass is 10.2. The molecule has 0 aromatic heterocycles. The third-order valence-electron chi connectivity index (χ3n) is 3.88. The number of nitrogens with zero attached hydrogens (tertiary/aromatic N) is 1. The van der Waals surface area contributed by atoms with E-state index in [4.69, 9.17) is 21.1 Å². The number of rotatable bonds is 9. The van der Waals surface area contributed by atoms with Crippen molar-refractivity contribution in [1.29, 1.82) is 0 Å².